The van der Waals surface area contributed by atoms with Gasteiger partial charge in [-0.1, -0.05) is 29.8 Å². The quantitative estimate of drug-likeness (QED) is 0.352. The van der Waals surface area contributed by atoms with E-state index in [-0.39, 0.29) is 40.1 Å². The van der Waals surface area contributed by atoms with Crippen molar-refractivity contribution in [3.63, 3.8) is 0 Å². The van der Waals surface area contributed by atoms with Crippen LogP contribution in [-0.2, 0) is 23.9 Å². The van der Waals surface area contributed by atoms with Gasteiger partial charge in [-0.3, -0.25) is 14.4 Å². The average Bonchev–Trinajstić information content (AvgIpc) is 3.06. The van der Waals surface area contributed by atoms with Gasteiger partial charge in [0.1, 0.15) is 12.7 Å². The molecule has 4 fully saturated rings. The van der Waals surface area contributed by atoms with Gasteiger partial charge in [-0.05, 0) is 68.1 Å². The summed E-state index contributed by atoms with van der Waals surface area (Å²) in [5.74, 6) is 0.860. The Morgan fingerprint density at radius 1 is 1.13 bits per heavy atom. The van der Waals surface area contributed by atoms with Crippen molar-refractivity contribution in [1.82, 2.24) is 0 Å². The number of ketones is 1. The van der Waals surface area contributed by atoms with Crippen LogP contribution in [-0.4, -0.2) is 46.5 Å². The third-order valence-electron chi connectivity index (χ3n) is 9.82. The van der Waals surface area contributed by atoms with Crippen molar-refractivity contribution in [3.05, 3.63) is 0 Å². The van der Waals surface area contributed by atoms with Gasteiger partial charge in [0.2, 0.25) is 0 Å². The van der Waals surface area contributed by atoms with Crippen molar-refractivity contribution >= 4 is 34.2 Å². The fraction of sp³-hybridized carbons (Fsp3) is 0.875. The molecule has 0 aliphatic heterocycles. The zero-order valence-electron chi connectivity index (χ0n) is 18.8. The molecule has 4 saturated carbocycles. The maximum atomic E-state index is 12.9. The summed E-state index contributed by atoms with van der Waals surface area (Å²) in [5, 5.41) is 11.9. The van der Waals surface area contributed by atoms with Crippen LogP contribution in [0.25, 0.3) is 0 Å². The van der Waals surface area contributed by atoms with E-state index in [0.29, 0.717) is 30.6 Å². The van der Waals surface area contributed by atoms with E-state index in [0.717, 1.165) is 44.9 Å². The monoisotopic (exact) mass is 498 g/mol. The van der Waals surface area contributed by atoms with E-state index in [2.05, 4.69) is 29.8 Å². The molecule has 0 aromatic rings. The Morgan fingerprint density at radius 3 is 2.55 bits per heavy atom. The SMILES string of the molecule is CC(=O)OCC(=O)[C@H]1CC[C@H]2[C@@H]3C[C@@H](Br)[C@@]4(O)C[C@@H](OC=O)CC[C@]4(C)[C@H]3CC[C@]12C. The molecule has 0 saturated heterocycles. The van der Waals surface area contributed by atoms with Crippen LogP contribution in [0.15, 0.2) is 0 Å². The Bertz CT molecular complexity index is 756. The first-order chi connectivity index (χ1) is 14.6. The number of fused-ring (bicyclic) bond motifs is 5. The van der Waals surface area contributed by atoms with Crippen molar-refractivity contribution in [1.29, 1.82) is 0 Å². The molecular formula is C24H35BrO6. The molecule has 31 heavy (non-hydrogen) atoms. The Kier molecular flexibility index (Phi) is 6.08. The second-order valence-corrected chi connectivity index (χ2v) is 12.0. The van der Waals surface area contributed by atoms with Gasteiger partial charge in [-0.2, -0.15) is 0 Å². The maximum Gasteiger partial charge on any atom is 0.303 e. The van der Waals surface area contributed by atoms with Crippen LogP contribution in [0.2, 0.25) is 0 Å². The summed E-state index contributed by atoms with van der Waals surface area (Å²) in [6.45, 7) is 6.22. The van der Waals surface area contributed by atoms with Crippen LogP contribution in [0.4, 0.5) is 0 Å². The first-order valence-electron chi connectivity index (χ1n) is 11.7. The molecule has 9 atom stereocenters. The minimum atomic E-state index is -0.906. The number of rotatable bonds is 5. The van der Waals surface area contributed by atoms with Crippen LogP contribution in [0.1, 0.15) is 72.1 Å². The zero-order chi connectivity index (χ0) is 22.6. The van der Waals surface area contributed by atoms with Crippen LogP contribution < -0.4 is 0 Å². The highest BCUT2D eigenvalue weighted by atomic mass is 79.9. The van der Waals surface area contributed by atoms with Gasteiger partial charge in [-0.25, -0.2) is 0 Å². The molecule has 174 valence electrons. The number of hydrogen-bond acceptors (Lipinski definition) is 6. The predicted octanol–water partition coefficient (Wildman–Crippen LogP) is 3.81. The minimum Gasteiger partial charge on any atom is -0.464 e. The Balaban J connectivity index is 1.57. The molecule has 0 spiro atoms. The first-order valence-corrected chi connectivity index (χ1v) is 12.6. The van der Waals surface area contributed by atoms with Gasteiger partial charge in [0.25, 0.3) is 6.47 Å². The van der Waals surface area contributed by atoms with Crippen LogP contribution in [0, 0.1) is 34.5 Å². The number of alkyl halides is 1. The highest BCUT2D eigenvalue weighted by molar-refractivity contribution is 9.09. The van der Waals surface area contributed by atoms with E-state index in [1.807, 2.05) is 0 Å². The van der Waals surface area contributed by atoms with E-state index in [4.69, 9.17) is 9.47 Å². The highest BCUT2D eigenvalue weighted by Crippen LogP contribution is 2.69. The maximum absolute atomic E-state index is 12.9. The Hall–Kier alpha value is -0.950. The smallest absolute Gasteiger partial charge is 0.303 e. The Labute approximate surface area is 192 Å². The Morgan fingerprint density at radius 2 is 1.87 bits per heavy atom. The molecule has 6 nitrogen and oxygen atoms in total. The standard InChI is InChI=1S/C24H35BrO6/c1-14(27)30-12-20(28)19-5-4-17-16-10-21(25)24(29)11-15(31-13-26)6-9-23(24,3)18(16)7-8-22(17,19)2/h13,15-19,21,29H,4-12H2,1-3H3/t15-,16-,17-,18-,19+,21+,22-,23+,24-/m0/s1. The van der Waals surface area contributed by atoms with Crippen molar-refractivity contribution in [2.45, 2.75) is 88.7 Å². The lowest BCUT2D eigenvalue weighted by Crippen LogP contribution is -2.67. The molecule has 0 aromatic carbocycles. The number of ether oxygens (including phenoxy) is 2. The lowest BCUT2D eigenvalue weighted by molar-refractivity contribution is -0.217. The number of Topliss-reactive ketones (excluding diaryl/α,β-unsaturated/α-hetero) is 1. The predicted molar refractivity (Wildman–Crippen MR) is 117 cm³/mol. The van der Waals surface area contributed by atoms with Crippen LogP contribution >= 0.6 is 15.9 Å². The summed E-state index contributed by atoms with van der Waals surface area (Å²) in [7, 11) is 0. The summed E-state index contributed by atoms with van der Waals surface area (Å²) in [6.07, 6.45) is 6.57. The molecule has 4 rings (SSSR count). The lowest BCUT2D eigenvalue weighted by atomic mass is 9.43. The van der Waals surface area contributed by atoms with E-state index in [1.54, 1.807) is 0 Å². The van der Waals surface area contributed by atoms with Gasteiger partial charge >= 0.3 is 5.97 Å². The fourth-order valence-corrected chi connectivity index (χ4v) is 9.33. The molecule has 4 aliphatic rings. The summed E-state index contributed by atoms with van der Waals surface area (Å²) in [6, 6.07) is 0. The summed E-state index contributed by atoms with van der Waals surface area (Å²) in [5.41, 5.74) is -1.22. The van der Waals surface area contributed by atoms with Gasteiger partial charge in [0, 0.05) is 29.5 Å². The van der Waals surface area contributed by atoms with Crippen molar-refractivity contribution in [2.75, 3.05) is 6.61 Å². The number of hydrogen-bond donors (Lipinski definition) is 1. The molecule has 4 aliphatic carbocycles. The minimum absolute atomic E-state index is 0.0547. The van der Waals surface area contributed by atoms with Gasteiger partial charge in [0.15, 0.2) is 5.78 Å². The largest absolute Gasteiger partial charge is 0.464 e. The molecule has 0 radical (unpaired) electrons. The number of aliphatic hydroxyl groups is 1. The topological polar surface area (TPSA) is 89.9 Å². The van der Waals surface area contributed by atoms with Crippen molar-refractivity contribution in [2.24, 2.45) is 34.5 Å². The molecular weight excluding hydrogens is 464 g/mol. The second kappa shape index (κ2) is 8.12. The summed E-state index contributed by atoms with van der Waals surface area (Å²) >= 11 is 3.84. The van der Waals surface area contributed by atoms with Gasteiger partial charge < -0.3 is 14.6 Å². The molecule has 0 heterocycles. The average molecular weight is 499 g/mol. The zero-order valence-corrected chi connectivity index (χ0v) is 20.4. The lowest BCUT2D eigenvalue weighted by Gasteiger charge is -2.65. The van der Waals surface area contributed by atoms with E-state index >= 15 is 0 Å². The second-order valence-electron chi connectivity index (χ2n) is 10.9. The molecule has 0 amide bonds. The van der Waals surface area contributed by atoms with E-state index in [1.165, 1.54) is 6.92 Å². The molecule has 0 bridgehead atoms. The fourth-order valence-electron chi connectivity index (χ4n) is 8.19. The first kappa shape index (κ1) is 23.2. The number of carbonyl (C=O) groups excluding carboxylic acids is 3. The number of carbonyl (C=O) groups is 3. The molecule has 0 unspecified atom stereocenters. The van der Waals surface area contributed by atoms with Crippen LogP contribution in [0.5, 0.6) is 0 Å². The van der Waals surface area contributed by atoms with Crippen molar-refractivity contribution in [3.8, 4) is 0 Å². The van der Waals surface area contributed by atoms with E-state index < -0.39 is 11.6 Å². The molecule has 7 heteroatoms. The van der Waals surface area contributed by atoms with Crippen LogP contribution in [0.3, 0.4) is 0 Å². The summed E-state index contributed by atoms with van der Waals surface area (Å²) < 4.78 is 10.3. The molecule has 0 aromatic heterocycles. The number of esters is 1. The summed E-state index contributed by atoms with van der Waals surface area (Å²) in [4.78, 5) is 34.9. The normalized spacial score (nSPS) is 48.7. The van der Waals surface area contributed by atoms with E-state index in [9.17, 15) is 19.5 Å². The third-order valence-corrected chi connectivity index (χ3v) is 11.0. The van der Waals surface area contributed by atoms with Gasteiger partial charge in [0.05, 0.1) is 5.60 Å². The third kappa shape index (κ3) is 3.49. The number of halogens is 1. The highest BCUT2D eigenvalue weighted by Gasteiger charge is 2.67. The van der Waals surface area contributed by atoms with Gasteiger partial charge in [-0.15, -0.1) is 0 Å². The molecule has 1 N–H and O–H groups in total. The van der Waals surface area contributed by atoms with Crippen molar-refractivity contribution < 1.29 is 29.0 Å².